The number of hydrogen-bond acceptors (Lipinski definition) is 3. The Bertz CT molecular complexity index is 353. The van der Waals surface area contributed by atoms with Crippen molar-refractivity contribution in [1.29, 1.82) is 0 Å². The van der Waals surface area contributed by atoms with Gasteiger partial charge in [0.05, 0.1) is 17.5 Å². The van der Waals surface area contributed by atoms with Crippen LogP contribution in [0.3, 0.4) is 0 Å². The summed E-state index contributed by atoms with van der Waals surface area (Å²) in [4.78, 5) is 4.13. The maximum atomic E-state index is 9.51. The highest BCUT2D eigenvalue weighted by atomic mass is 16.5. The normalized spacial score (nSPS) is 11.2. The lowest BCUT2D eigenvalue weighted by atomic mass is 10.1. The molecular formula is C12H17NO2. The van der Waals surface area contributed by atoms with Crippen molar-refractivity contribution in [2.24, 2.45) is 0 Å². The van der Waals surface area contributed by atoms with Gasteiger partial charge in [0.2, 0.25) is 0 Å². The molecule has 0 unspecified atom stereocenters. The first-order valence-electron chi connectivity index (χ1n) is 4.86. The van der Waals surface area contributed by atoms with E-state index >= 15 is 0 Å². The molecule has 0 atom stereocenters. The van der Waals surface area contributed by atoms with E-state index in [4.69, 9.17) is 4.74 Å². The van der Waals surface area contributed by atoms with E-state index in [0.29, 0.717) is 5.75 Å². The molecule has 0 saturated carbocycles. The predicted molar refractivity (Wildman–Crippen MR) is 60.9 cm³/mol. The quantitative estimate of drug-likeness (QED) is 0.822. The Balaban J connectivity index is 2.74. The molecule has 0 aliphatic heterocycles. The van der Waals surface area contributed by atoms with Crippen molar-refractivity contribution in [2.75, 3.05) is 6.61 Å². The standard InChI is InChI=1S/C12H17NO2/c1-5-10-6-9(2)11(7-13-10)15-8-12(3,4)14/h5-7,14H,1,8H2,2-4H3. The number of aliphatic hydroxyl groups is 1. The van der Waals surface area contributed by atoms with Crippen molar-refractivity contribution < 1.29 is 9.84 Å². The van der Waals surface area contributed by atoms with Gasteiger partial charge in [-0.15, -0.1) is 0 Å². The van der Waals surface area contributed by atoms with Crippen LogP contribution >= 0.6 is 0 Å². The number of rotatable bonds is 4. The summed E-state index contributed by atoms with van der Waals surface area (Å²) in [5.74, 6) is 0.697. The van der Waals surface area contributed by atoms with Crippen LogP contribution in [0.2, 0.25) is 0 Å². The molecule has 0 spiro atoms. The minimum Gasteiger partial charge on any atom is -0.489 e. The summed E-state index contributed by atoms with van der Waals surface area (Å²) in [5.41, 5.74) is 0.982. The third-order valence-electron chi connectivity index (χ3n) is 1.87. The fourth-order valence-corrected chi connectivity index (χ4v) is 1.08. The van der Waals surface area contributed by atoms with E-state index < -0.39 is 5.60 Å². The molecule has 3 heteroatoms. The molecular weight excluding hydrogens is 190 g/mol. The highest BCUT2D eigenvalue weighted by Crippen LogP contribution is 2.18. The fourth-order valence-electron chi connectivity index (χ4n) is 1.08. The molecule has 3 nitrogen and oxygen atoms in total. The van der Waals surface area contributed by atoms with Gasteiger partial charge in [-0.1, -0.05) is 6.58 Å². The van der Waals surface area contributed by atoms with E-state index in [2.05, 4.69) is 11.6 Å². The van der Waals surface area contributed by atoms with E-state index in [0.717, 1.165) is 11.3 Å². The molecule has 0 radical (unpaired) electrons. The number of ether oxygens (including phenoxy) is 1. The van der Waals surface area contributed by atoms with Crippen molar-refractivity contribution in [3.63, 3.8) is 0 Å². The molecule has 0 aromatic carbocycles. The Morgan fingerprint density at radius 3 is 2.73 bits per heavy atom. The Morgan fingerprint density at radius 1 is 1.60 bits per heavy atom. The van der Waals surface area contributed by atoms with E-state index in [1.54, 1.807) is 26.1 Å². The molecule has 1 aromatic heterocycles. The molecule has 1 heterocycles. The molecule has 1 N–H and O–H groups in total. The number of pyridine rings is 1. The lowest BCUT2D eigenvalue weighted by molar-refractivity contribution is 0.0281. The molecule has 0 aliphatic rings. The summed E-state index contributed by atoms with van der Waals surface area (Å²) in [7, 11) is 0. The van der Waals surface area contributed by atoms with Gasteiger partial charge in [0, 0.05) is 0 Å². The van der Waals surface area contributed by atoms with Gasteiger partial charge >= 0.3 is 0 Å². The average Bonchev–Trinajstić information content (AvgIpc) is 2.14. The zero-order valence-corrected chi connectivity index (χ0v) is 9.45. The summed E-state index contributed by atoms with van der Waals surface area (Å²) in [6, 6.07) is 1.90. The first-order chi connectivity index (χ1) is 6.92. The largest absolute Gasteiger partial charge is 0.489 e. The molecule has 0 bridgehead atoms. The van der Waals surface area contributed by atoms with Crippen LogP contribution in [0.1, 0.15) is 25.1 Å². The van der Waals surface area contributed by atoms with Crippen LogP contribution in [0.4, 0.5) is 0 Å². The van der Waals surface area contributed by atoms with Gasteiger partial charge in [-0.05, 0) is 38.5 Å². The van der Waals surface area contributed by atoms with Crippen molar-refractivity contribution in [2.45, 2.75) is 26.4 Å². The monoisotopic (exact) mass is 207 g/mol. The number of hydrogen-bond donors (Lipinski definition) is 1. The third kappa shape index (κ3) is 3.72. The van der Waals surface area contributed by atoms with Crippen molar-refractivity contribution in [3.8, 4) is 5.75 Å². The molecule has 0 aliphatic carbocycles. The zero-order valence-electron chi connectivity index (χ0n) is 9.45. The van der Waals surface area contributed by atoms with Crippen LogP contribution in [0.25, 0.3) is 6.08 Å². The van der Waals surface area contributed by atoms with Gasteiger partial charge in [-0.3, -0.25) is 4.98 Å². The summed E-state index contributed by atoms with van der Waals surface area (Å²) in [6.45, 7) is 9.24. The summed E-state index contributed by atoms with van der Waals surface area (Å²) < 4.78 is 5.45. The minimum absolute atomic E-state index is 0.253. The Hall–Kier alpha value is -1.35. The van der Waals surface area contributed by atoms with Crippen LogP contribution in [0, 0.1) is 6.92 Å². The lowest BCUT2D eigenvalue weighted by Crippen LogP contribution is -2.28. The maximum Gasteiger partial charge on any atom is 0.140 e. The van der Waals surface area contributed by atoms with E-state index in [1.807, 2.05) is 13.0 Å². The SMILES string of the molecule is C=Cc1cc(C)c(OCC(C)(C)O)cn1. The smallest absolute Gasteiger partial charge is 0.140 e. The number of aryl methyl sites for hydroxylation is 1. The van der Waals surface area contributed by atoms with Gasteiger partial charge in [0.25, 0.3) is 0 Å². The van der Waals surface area contributed by atoms with Gasteiger partial charge in [-0.25, -0.2) is 0 Å². The van der Waals surface area contributed by atoms with Gasteiger partial charge in [0.15, 0.2) is 0 Å². The topological polar surface area (TPSA) is 42.4 Å². The molecule has 15 heavy (non-hydrogen) atoms. The van der Waals surface area contributed by atoms with Crippen molar-refractivity contribution in [3.05, 3.63) is 30.1 Å². The molecule has 82 valence electrons. The first-order valence-corrected chi connectivity index (χ1v) is 4.86. The second-order valence-electron chi connectivity index (χ2n) is 4.18. The molecule has 0 amide bonds. The second kappa shape index (κ2) is 4.45. The van der Waals surface area contributed by atoms with Gasteiger partial charge in [-0.2, -0.15) is 0 Å². The number of aromatic nitrogens is 1. The Morgan fingerprint density at radius 2 is 2.27 bits per heavy atom. The van der Waals surface area contributed by atoms with Crippen LogP contribution in [0.15, 0.2) is 18.8 Å². The molecule has 0 saturated heterocycles. The highest BCUT2D eigenvalue weighted by molar-refractivity contribution is 5.45. The zero-order chi connectivity index (χ0) is 11.5. The second-order valence-corrected chi connectivity index (χ2v) is 4.18. The summed E-state index contributed by atoms with van der Waals surface area (Å²) >= 11 is 0. The molecule has 1 rings (SSSR count). The number of nitrogens with zero attached hydrogens (tertiary/aromatic N) is 1. The van der Waals surface area contributed by atoms with Crippen molar-refractivity contribution in [1.82, 2.24) is 4.98 Å². The fraction of sp³-hybridized carbons (Fsp3) is 0.417. The van der Waals surface area contributed by atoms with Crippen LogP contribution in [-0.2, 0) is 0 Å². The third-order valence-corrected chi connectivity index (χ3v) is 1.87. The predicted octanol–water partition coefficient (Wildman–Crippen LogP) is 2.18. The summed E-state index contributed by atoms with van der Waals surface area (Å²) in [6.07, 6.45) is 3.34. The van der Waals surface area contributed by atoms with Crippen LogP contribution in [-0.4, -0.2) is 22.3 Å². The van der Waals surface area contributed by atoms with Gasteiger partial charge in [0.1, 0.15) is 12.4 Å². The minimum atomic E-state index is -0.830. The Labute approximate surface area is 90.4 Å². The lowest BCUT2D eigenvalue weighted by Gasteiger charge is -2.18. The highest BCUT2D eigenvalue weighted by Gasteiger charge is 2.14. The van der Waals surface area contributed by atoms with Crippen LogP contribution < -0.4 is 4.74 Å². The first kappa shape index (κ1) is 11.7. The molecule has 1 aromatic rings. The molecule has 0 fully saturated rings. The average molecular weight is 207 g/mol. The van der Waals surface area contributed by atoms with Crippen LogP contribution in [0.5, 0.6) is 5.75 Å². The van der Waals surface area contributed by atoms with Gasteiger partial charge < -0.3 is 9.84 Å². The van der Waals surface area contributed by atoms with E-state index in [9.17, 15) is 5.11 Å². The summed E-state index contributed by atoms with van der Waals surface area (Å²) in [5, 5.41) is 9.51. The van der Waals surface area contributed by atoms with E-state index in [1.165, 1.54) is 0 Å². The maximum absolute atomic E-state index is 9.51. The Kier molecular flexibility index (Phi) is 3.48. The van der Waals surface area contributed by atoms with E-state index in [-0.39, 0.29) is 6.61 Å². The van der Waals surface area contributed by atoms with Crippen molar-refractivity contribution >= 4 is 6.08 Å².